The molecule has 0 aliphatic rings. The zero-order valence-electron chi connectivity index (χ0n) is 9.74. The van der Waals surface area contributed by atoms with E-state index in [9.17, 15) is 0 Å². The van der Waals surface area contributed by atoms with Gasteiger partial charge in [-0.2, -0.15) is 0 Å². The molecule has 2 rings (SSSR count). The first-order valence-corrected chi connectivity index (χ1v) is 5.29. The molecule has 0 aliphatic carbocycles. The smallest absolute Gasteiger partial charge is 0.157 e. The van der Waals surface area contributed by atoms with Crippen molar-refractivity contribution in [1.82, 2.24) is 9.89 Å². The number of anilines is 2. The van der Waals surface area contributed by atoms with E-state index >= 15 is 0 Å². The van der Waals surface area contributed by atoms with E-state index in [1.165, 1.54) is 4.79 Å². The van der Waals surface area contributed by atoms with Crippen molar-refractivity contribution in [2.75, 3.05) is 17.0 Å². The van der Waals surface area contributed by atoms with Crippen LogP contribution in [-0.4, -0.2) is 15.4 Å². The molecule has 1 heterocycles. The largest absolute Gasteiger partial charge is 0.412 e. The molecule has 0 spiro atoms. The second-order valence-electron chi connectivity index (χ2n) is 3.65. The van der Waals surface area contributed by atoms with Crippen LogP contribution in [0.1, 0.15) is 5.56 Å². The predicted octanol–water partition coefficient (Wildman–Crippen LogP) is 0.269. The van der Waals surface area contributed by atoms with Gasteiger partial charge in [-0.3, -0.25) is 0 Å². The summed E-state index contributed by atoms with van der Waals surface area (Å²) in [4.78, 5) is 1.22. The lowest BCUT2D eigenvalue weighted by Gasteiger charge is -2.05. The number of halogens is 1. The van der Waals surface area contributed by atoms with Crippen LogP contribution in [0, 0.1) is 6.92 Å². The Hall–Kier alpha value is -1.96. The lowest BCUT2D eigenvalue weighted by atomic mass is 10.1. The predicted molar refractivity (Wildman–Crippen MR) is 73.4 cm³/mol. The number of hydrazine groups is 1. The maximum absolute atomic E-state index is 5.96. The van der Waals surface area contributed by atoms with E-state index in [0.717, 1.165) is 11.1 Å². The molecule has 8 heteroatoms. The highest BCUT2D eigenvalue weighted by atomic mass is 35.5. The van der Waals surface area contributed by atoms with Crippen molar-refractivity contribution < 1.29 is 5.48 Å². The van der Waals surface area contributed by atoms with Gasteiger partial charge >= 0.3 is 0 Å². The van der Waals surface area contributed by atoms with Crippen LogP contribution in [0.4, 0.5) is 11.6 Å². The fraction of sp³-hybridized carbons (Fsp3) is 0.100. The molecular weight excluding hydrogens is 256 g/mol. The molecule has 0 fully saturated rings. The number of nitrogens with zero attached hydrogens (tertiary/aromatic N) is 2. The number of aromatic nitrogens is 2. The molecule has 7 nitrogen and oxygen atoms in total. The molecule has 2 aromatic rings. The van der Waals surface area contributed by atoms with Gasteiger partial charge in [0, 0.05) is 5.02 Å². The van der Waals surface area contributed by atoms with E-state index in [0.29, 0.717) is 22.2 Å². The number of hydrogen-bond acceptors (Lipinski definition) is 5. The minimum absolute atomic E-state index is 0. The van der Waals surface area contributed by atoms with Crippen LogP contribution in [0.25, 0.3) is 11.1 Å². The Kier molecular flexibility index (Phi) is 4.02. The van der Waals surface area contributed by atoms with Gasteiger partial charge in [-0.1, -0.05) is 17.7 Å². The molecule has 0 atom stereocenters. The Morgan fingerprint density at radius 1 is 1.33 bits per heavy atom. The van der Waals surface area contributed by atoms with Gasteiger partial charge in [-0.15, -0.1) is 9.89 Å². The molecular formula is C10H15ClN6O. The summed E-state index contributed by atoms with van der Waals surface area (Å²) in [6.45, 7) is 1.91. The van der Waals surface area contributed by atoms with E-state index in [2.05, 4.69) is 10.6 Å². The summed E-state index contributed by atoms with van der Waals surface area (Å²) >= 11 is 5.96. The fourth-order valence-electron chi connectivity index (χ4n) is 1.64. The highest BCUT2D eigenvalue weighted by molar-refractivity contribution is 6.31. The molecule has 0 saturated heterocycles. The number of nitrogens with one attached hydrogen (secondary N) is 1. The van der Waals surface area contributed by atoms with E-state index in [4.69, 9.17) is 28.9 Å². The zero-order valence-corrected chi connectivity index (χ0v) is 10.5. The molecule has 9 N–H and O–H groups in total. The van der Waals surface area contributed by atoms with Crippen LogP contribution in [0.2, 0.25) is 5.02 Å². The van der Waals surface area contributed by atoms with Crippen LogP contribution in [-0.2, 0) is 0 Å². The summed E-state index contributed by atoms with van der Waals surface area (Å²) in [5.74, 6) is 5.92. The standard InChI is InChI=1S/C10H13ClN6.H2O/c1-5-4-6(2-3-7(5)11)8-9(12)15-17(16-14)10(8)13;/h2-4,16H,13-14H2,1H3,(H2,12,15);1H2. The van der Waals surface area contributed by atoms with Gasteiger partial charge < -0.3 is 16.9 Å². The molecule has 0 aliphatic heterocycles. The normalized spacial score (nSPS) is 9.94. The average Bonchev–Trinajstić information content (AvgIpc) is 2.58. The Labute approximate surface area is 109 Å². The lowest BCUT2D eigenvalue weighted by molar-refractivity contribution is 0.768. The van der Waals surface area contributed by atoms with E-state index in [-0.39, 0.29) is 5.48 Å². The number of aryl methyl sites for hydroxylation is 1. The summed E-state index contributed by atoms with van der Waals surface area (Å²) in [7, 11) is 0. The van der Waals surface area contributed by atoms with Gasteiger partial charge in [0.05, 0.1) is 5.56 Å². The molecule has 0 amide bonds. The third-order valence-corrected chi connectivity index (χ3v) is 2.94. The van der Waals surface area contributed by atoms with Gasteiger partial charge in [0.25, 0.3) is 0 Å². The van der Waals surface area contributed by atoms with Crippen LogP contribution < -0.4 is 22.8 Å². The van der Waals surface area contributed by atoms with Crippen LogP contribution >= 0.6 is 11.6 Å². The molecule has 98 valence electrons. The first kappa shape index (κ1) is 14.1. The topological polar surface area (TPSA) is 139 Å². The molecule has 1 aromatic heterocycles. The lowest BCUT2D eigenvalue weighted by Crippen LogP contribution is -2.24. The Bertz CT molecular complexity index is 568. The van der Waals surface area contributed by atoms with E-state index in [1.807, 2.05) is 19.1 Å². The first-order valence-electron chi connectivity index (χ1n) is 4.91. The number of benzene rings is 1. The number of hydrogen-bond donors (Lipinski definition) is 4. The second kappa shape index (κ2) is 5.13. The van der Waals surface area contributed by atoms with Crippen LogP contribution in [0.15, 0.2) is 18.2 Å². The summed E-state index contributed by atoms with van der Waals surface area (Å²) in [6.07, 6.45) is 0. The van der Waals surface area contributed by atoms with Crippen molar-refractivity contribution >= 4 is 23.2 Å². The summed E-state index contributed by atoms with van der Waals surface area (Å²) in [5.41, 5.74) is 16.4. The summed E-state index contributed by atoms with van der Waals surface area (Å²) in [5, 5.41) is 4.65. The summed E-state index contributed by atoms with van der Waals surface area (Å²) < 4.78 is 0. The molecule has 0 bridgehead atoms. The molecule has 1 aromatic carbocycles. The van der Waals surface area contributed by atoms with Crippen molar-refractivity contribution in [3.8, 4) is 11.1 Å². The van der Waals surface area contributed by atoms with Crippen molar-refractivity contribution in [3.63, 3.8) is 0 Å². The molecule has 0 unspecified atom stereocenters. The first-order chi connectivity index (χ1) is 8.04. The highest BCUT2D eigenvalue weighted by Gasteiger charge is 2.15. The monoisotopic (exact) mass is 270 g/mol. The Morgan fingerprint density at radius 2 is 2.00 bits per heavy atom. The third-order valence-electron chi connectivity index (χ3n) is 2.52. The number of nitrogens with two attached hydrogens (primary N) is 3. The molecule has 0 saturated carbocycles. The Morgan fingerprint density at radius 3 is 2.50 bits per heavy atom. The van der Waals surface area contributed by atoms with E-state index < -0.39 is 0 Å². The van der Waals surface area contributed by atoms with Crippen LogP contribution in [0.5, 0.6) is 0 Å². The van der Waals surface area contributed by atoms with E-state index in [1.54, 1.807) is 6.07 Å². The maximum Gasteiger partial charge on any atom is 0.157 e. The van der Waals surface area contributed by atoms with Crippen molar-refractivity contribution in [2.45, 2.75) is 6.92 Å². The SMILES string of the molecule is Cc1cc(-c2c(N)nn(NN)c2N)ccc1Cl.O. The molecule has 18 heavy (non-hydrogen) atoms. The second-order valence-corrected chi connectivity index (χ2v) is 4.06. The summed E-state index contributed by atoms with van der Waals surface area (Å²) in [6, 6.07) is 5.52. The Balaban J connectivity index is 0.00000162. The zero-order chi connectivity index (χ0) is 12.6. The van der Waals surface area contributed by atoms with Gasteiger partial charge in [0.2, 0.25) is 0 Å². The minimum atomic E-state index is 0. The quantitative estimate of drug-likeness (QED) is 0.458. The minimum Gasteiger partial charge on any atom is -0.412 e. The highest BCUT2D eigenvalue weighted by Crippen LogP contribution is 2.32. The van der Waals surface area contributed by atoms with Gasteiger partial charge in [-0.05, 0) is 30.2 Å². The van der Waals surface area contributed by atoms with Gasteiger partial charge in [0.1, 0.15) is 0 Å². The van der Waals surface area contributed by atoms with Gasteiger partial charge in [0.15, 0.2) is 11.6 Å². The average molecular weight is 271 g/mol. The molecule has 0 radical (unpaired) electrons. The third kappa shape index (κ3) is 2.19. The number of rotatable bonds is 2. The van der Waals surface area contributed by atoms with Crippen molar-refractivity contribution in [2.24, 2.45) is 5.84 Å². The maximum atomic E-state index is 5.96. The van der Waals surface area contributed by atoms with Crippen molar-refractivity contribution in [3.05, 3.63) is 28.8 Å². The fourth-order valence-corrected chi connectivity index (χ4v) is 1.76. The van der Waals surface area contributed by atoms with Gasteiger partial charge in [-0.25, -0.2) is 11.4 Å². The number of nitrogen functional groups attached to an aromatic ring is 3. The van der Waals surface area contributed by atoms with Crippen molar-refractivity contribution in [1.29, 1.82) is 0 Å². The van der Waals surface area contributed by atoms with Crippen LogP contribution in [0.3, 0.4) is 0 Å².